The Morgan fingerprint density at radius 1 is 1.09 bits per heavy atom. The number of anilines is 2. The molecule has 5 heteroatoms. The van der Waals surface area contributed by atoms with Gasteiger partial charge >= 0.3 is 5.97 Å². The smallest absolute Gasteiger partial charge is 0.336 e. The second kappa shape index (κ2) is 9.98. The van der Waals surface area contributed by atoms with Crippen LogP contribution in [0.3, 0.4) is 0 Å². The van der Waals surface area contributed by atoms with Crippen LogP contribution in [0.5, 0.6) is 0 Å². The molecule has 2 N–H and O–H groups in total. The molecule has 0 radical (unpaired) electrons. The molecule has 2 aromatic carbocycles. The first-order chi connectivity index (χ1) is 16.6. The molecule has 0 unspecified atom stereocenters. The third-order valence-corrected chi connectivity index (χ3v) is 7.62. The Kier molecular flexibility index (Phi) is 6.63. The van der Waals surface area contributed by atoms with E-state index in [9.17, 15) is 9.90 Å². The van der Waals surface area contributed by atoms with Gasteiger partial charge in [-0.3, -0.25) is 4.98 Å². The van der Waals surface area contributed by atoms with Crippen molar-refractivity contribution < 1.29 is 9.90 Å². The Morgan fingerprint density at radius 2 is 1.85 bits per heavy atom. The van der Waals surface area contributed by atoms with Crippen molar-refractivity contribution in [1.82, 2.24) is 10.3 Å². The summed E-state index contributed by atoms with van der Waals surface area (Å²) in [4.78, 5) is 17.9. The number of hydrogen-bond donors (Lipinski definition) is 2. The highest BCUT2D eigenvalue weighted by Gasteiger charge is 2.22. The van der Waals surface area contributed by atoms with E-state index in [1.54, 1.807) is 18.5 Å². The third-order valence-electron chi connectivity index (χ3n) is 7.62. The molecule has 2 aliphatic rings. The number of fused-ring (bicyclic) bond motifs is 1. The molecule has 1 aromatic heterocycles. The molecule has 5 nitrogen and oxygen atoms in total. The lowest BCUT2D eigenvalue weighted by atomic mass is 9.89. The molecular formula is C29H33N3O2. The minimum atomic E-state index is -0.890. The summed E-state index contributed by atoms with van der Waals surface area (Å²) in [5, 5.41) is 13.1. The monoisotopic (exact) mass is 455 g/mol. The van der Waals surface area contributed by atoms with Crippen LogP contribution in [-0.2, 0) is 12.8 Å². The number of carboxylic acid groups (broad SMARTS) is 1. The average molecular weight is 456 g/mol. The maximum atomic E-state index is 11.5. The van der Waals surface area contributed by atoms with E-state index in [2.05, 4.69) is 64.7 Å². The minimum absolute atomic E-state index is 0.218. The lowest BCUT2D eigenvalue weighted by molar-refractivity contribution is 0.0695. The highest BCUT2D eigenvalue weighted by atomic mass is 16.4. The molecule has 3 aromatic rings. The van der Waals surface area contributed by atoms with Gasteiger partial charge in [-0.15, -0.1) is 0 Å². The van der Waals surface area contributed by atoms with Crippen LogP contribution in [0, 0.1) is 0 Å². The molecule has 0 bridgehead atoms. The number of aromatic nitrogens is 1. The van der Waals surface area contributed by atoms with E-state index in [0.29, 0.717) is 12.0 Å². The first-order valence-corrected chi connectivity index (χ1v) is 12.5. The first kappa shape index (κ1) is 22.6. The molecule has 1 atom stereocenters. The normalized spacial score (nSPS) is 18.0. The summed E-state index contributed by atoms with van der Waals surface area (Å²) in [6.45, 7) is 0.930. The molecule has 1 fully saturated rings. The summed E-state index contributed by atoms with van der Waals surface area (Å²) in [6.07, 6.45) is 11.1. The van der Waals surface area contributed by atoms with E-state index < -0.39 is 5.97 Å². The van der Waals surface area contributed by atoms with Gasteiger partial charge in [-0.05, 0) is 97.2 Å². The Morgan fingerprint density at radius 3 is 2.62 bits per heavy atom. The van der Waals surface area contributed by atoms with Crippen LogP contribution in [0.25, 0.3) is 0 Å². The number of pyridine rings is 1. The van der Waals surface area contributed by atoms with Gasteiger partial charge in [0, 0.05) is 36.9 Å². The predicted molar refractivity (Wildman–Crippen MR) is 136 cm³/mol. The largest absolute Gasteiger partial charge is 0.478 e. The average Bonchev–Trinajstić information content (AvgIpc) is 3.42. The number of rotatable bonds is 7. The van der Waals surface area contributed by atoms with E-state index >= 15 is 0 Å². The third kappa shape index (κ3) is 4.71. The van der Waals surface area contributed by atoms with Crippen LogP contribution in [0.4, 0.5) is 11.4 Å². The van der Waals surface area contributed by atoms with Crippen LogP contribution in [-0.4, -0.2) is 29.7 Å². The first-order valence-electron chi connectivity index (χ1n) is 12.5. The number of benzene rings is 2. The maximum Gasteiger partial charge on any atom is 0.336 e. The van der Waals surface area contributed by atoms with E-state index in [-0.39, 0.29) is 6.04 Å². The van der Waals surface area contributed by atoms with Crippen molar-refractivity contribution in [3.8, 4) is 0 Å². The molecule has 0 saturated heterocycles. The molecule has 176 valence electrons. The van der Waals surface area contributed by atoms with Gasteiger partial charge in [0.2, 0.25) is 0 Å². The van der Waals surface area contributed by atoms with E-state index in [1.165, 1.54) is 53.7 Å². The quantitative estimate of drug-likeness (QED) is 0.456. The van der Waals surface area contributed by atoms with Gasteiger partial charge < -0.3 is 15.3 Å². The second-order valence-electron chi connectivity index (χ2n) is 9.65. The van der Waals surface area contributed by atoms with Gasteiger partial charge in [-0.1, -0.05) is 31.0 Å². The fraction of sp³-hybridized carbons (Fsp3) is 0.379. The van der Waals surface area contributed by atoms with Gasteiger partial charge in [0.05, 0.1) is 5.56 Å². The molecule has 0 spiro atoms. The van der Waals surface area contributed by atoms with Crippen molar-refractivity contribution >= 4 is 17.3 Å². The highest BCUT2D eigenvalue weighted by molar-refractivity contribution is 5.89. The zero-order valence-corrected chi connectivity index (χ0v) is 19.8. The number of aryl methyl sites for hydroxylation is 1. The molecule has 1 aliphatic heterocycles. The van der Waals surface area contributed by atoms with Crippen molar-refractivity contribution in [2.75, 3.05) is 18.5 Å². The SMILES string of the molecule is CN(c1ccc(C2CCCC2)cc1)c1ccc2c(c1)CCN[C@H]2CCc1cnccc1C(=O)O. The van der Waals surface area contributed by atoms with Crippen LogP contribution < -0.4 is 10.2 Å². The van der Waals surface area contributed by atoms with Crippen LogP contribution in [0.15, 0.2) is 60.9 Å². The lowest BCUT2D eigenvalue weighted by Crippen LogP contribution is -2.30. The van der Waals surface area contributed by atoms with Gasteiger partial charge in [0.1, 0.15) is 0 Å². The Hall–Kier alpha value is -3.18. The second-order valence-corrected chi connectivity index (χ2v) is 9.65. The molecule has 2 heterocycles. The standard InChI is InChI=1S/C29H33N3O2/c1-32(24-9-6-21(7-10-24)20-4-2-3-5-20)25-11-12-26-22(18-25)14-17-31-28(26)13-8-23-19-30-16-15-27(23)29(33)34/h6-7,9-12,15-16,18-20,28,31H,2-5,8,13-14,17H2,1H3,(H,33,34)/t28-/m0/s1. The fourth-order valence-electron chi connectivity index (χ4n) is 5.62. The summed E-state index contributed by atoms with van der Waals surface area (Å²) in [5.41, 5.74) is 7.73. The zero-order valence-electron chi connectivity index (χ0n) is 19.8. The minimum Gasteiger partial charge on any atom is -0.478 e. The van der Waals surface area contributed by atoms with Gasteiger partial charge in [0.25, 0.3) is 0 Å². The Labute approximate surface area is 201 Å². The summed E-state index contributed by atoms with van der Waals surface area (Å²) < 4.78 is 0. The van der Waals surface area contributed by atoms with Crippen molar-refractivity contribution in [3.63, 3.8) is 0 Å². The Bertz CT molecular complexity index is 1150. The van der Waals surface area contributed by atoms with Crippen LogP contribution >= 0.6 is 0 Å². The fourth-order valence-corrected chi connectivity index (χ4v) is 5.62. The van der Waals surface area contributed by atoms with Crippen molar-refractivity contribution in [1.29, 1.82) is 0 Å². The number of aromatic carboxylic acids is 1. The van der Waals surface area contributed by atoms with Gasteiger partial charge in [-0.25, -0.2) is 4.79 Å². The van der Waals surface area contributed by atoms with Gasteiger partial charge in [0.15, 0.2) is 0 Å². The molecular weight excluding hydrogens is 422 g/mol. The zero-order chi connectivity index (χ0) is 23.5. The molecule has 0 amide bonds. The molecule has 1 aliphatic carbocycles. The van der Waals surface area contributed by atoms with Crippen LogP contribution in [0.2, 0.25) is 0 Å². The number of nitrogens with one attached hydrogen (secondary N) is 1. The topological polar surface area (TPSA) is 65.5 Å². The summed E-state index contributed by atoms with van der Waals surface area (Å²) in [7, 11) is 2.14. The van der Waals surface area contributed by atoms with E-state index in [0.717, 1.165) is 30.9 Å². The van der Waals surface area contributed by atoms with Crippen molar-refractivity contribution in [3.05, 3.63) is 88.7 Å². The van der Waals surface area contributed by atoms with E-state index in [4.69, 9.17) is 0 Å². The molecule has 34 heavy (non-hydrogen) atoms. The highest BCUT2D eigenvalue weighted by Crippen LogP contribution is 2.36. The summed E-state index contributed by atoms with van der Waals surface area (Å²) in [5.74, 6) is -0.149. The number of nitrogens with zero attached hydrogens (tertiary/aromatic N) is 2. The summed E-state index contributed by atoms with van der Waals surface area (Å²) >= 11 is 0. The summed E-state index contributed by atoms with van der Waals surface area (Å²) in [6, 6.07) is 17.7. The Balaban J connectivity index is 1.30. The molecule has 1 saturated carbocycles. The van der Waals surface area contributed by atoms with Crippen LogP contribution in [0.1, 0.15) is 76.7 Å². The number of hydrogen-bond acceptors (Lipinski definition) is 4. The lowest BCUT2D eigenvalue weighted by Gasteiger charge is -2.29. The predicted octanol–water partition coefficient (Wildman–Crippen LogP) is 6.02. The van der Waals surface area contributed by atoms with Gasteiger partial charge in [-0.2, -0.15) is 0 Å². The number of carboxylic acids is 1. The number of carbonyl (C=O) groups is 1. The van der Waals surface area contributed by atoms with Crippen molar-refractivity contribution in [2.45, 2.75) is 56.9 Å². The van der Waals surface area contributed by atoms with E-state index in [1.807, 2.05) is 0 Å². The molecule has 5 rings (SSSR count). The maximum absolute atomic E-state index is 11.5. The van der Waals surface area contributed by atoms with Crippen molar-refractivity contribution in [2.24, 2.45) is 0 Å².